The Morgan fingerprint density at radius 2 is 2.19 bits per heavy atom. The van der Waals surface area contributed by atoms with Crippen LogP contribution in [0.4, 0.5) is 4.39 Å². The molecule has 1 atom stereocenters. The van der Waals surface area contributed by atoms with Gasteiger partial charge in [-0.1, -0.05) is 0 Å². The van der Waals surface area contributed by atoms with Gasteiger partial charge >= 0.3 is 5.97 Å². The first-order valence-corrected chi connectivity index (χ1v) is 7.73. The van der Waals surface area contributed by atoms with Crippen LogP contribution in [0.1, 0.15) is 36.0 Å². The fraction of sp³-hybridized carbons (Fsp3) is 0.467. The number of carbonyl (C=O) groups excluding carboxylic acids is 1. The Balaban J connectivity index is 2.03. The largest absolute Gasteiger partial charge is 0.481 e. The summed E-state index contributed by atoms with van der Waals surface area (Å²) < 4.78 is 13.5. The molecule has 2 rings (SSSR count). The summed E-state index contributed by atoms with van der Waals surface area (Å²) in [4.78, 5) is 24.8. The molecule has 0 spiro atoms. The maximum Gasteiger partial charge on any atom is 0.303 e. The van der Waals surface area contributed by atoms with Crippen molar-refractivity contribution in [1.29, 1.82) is 0 Å². The second kappa shape index (κ2) is 7.02. The van der Waals surface area contributed by atoms with E-state index in [1.807, 2.05) is 0 Å². The summed E-state index contributed by atoms with van der Waals surface area (Å²) in [6.45, 7) is 1.22. The van der Waals surface area contributed by atoms with Gasteiger partial charge in [0.2, 0.25) is 0 Å². The second-order valence-corrected chi connectivity index (χ2v) is 6.17. The van der Waals surface area contributed by atoms with Gasteiger partial charge < -0.3 is 10.0 Å². The quantitative estimate of drug-likeness (QED) is 0.899. The summed E-state index contributed by atoms with van der Waals surface area (Å²) >= 11 is 3.21. The highest BCUT2D eigenvalue weighted by Crippen LogP contribution is 2.25. The van der Waals surface area contributed by atoms with Crippen molar-refractivity contribution in [2.24, 2.45) is 5.92 Å². The van der Waals surface area contributed by atoms with Crippen molar-refractivity contribution < 1.29 is 19.1 Å². The average Bonchev–Trinajstić information content (AvgIpc) is 2.45. The molecule has 0 aliphatic carbocycles. The maximum absolute atomic E-state index is 13.1. The van der Waals surface area contributed by atoms with E-state index in [0.717, 1.165) is 12.8 Å². The number of carboxylic acids is 1. The molecule has 0 bridgehead atoms. The molecule has 1 fully saturated rings. The molecule has 1 aromatic rings. The lowest BCUT2D eigenvalue weighted by molar-refractivity contribution is -0.137. The first-order chi connectivity index (χ1) is 9.97. The SMILES string of the molecule is O=C(O)CCC1CCCN(C(=O)c2ccc(F)cc2Br)C1. The zero-order chi connectivity index (χ0) is 15.4. The minimum absolute atomic E-state index is 0.132. The van der Waals surface area contributed by atoms with Crippen LogP contribution in [0.3, 0.4) is 0 Å². The Morgan fingerprint density at radius 1 is 1.43 bits per heavy atom. The first-order valence-electron chi connectivity index (χ1n) is 6.93. The first kappa shape index (κ1) is 15.9. The fourth-order valence-electron chi connectivity index (χ4n) is 2.65. The molecule has 1 saturated heterocycles. The minimum atomic E-state index is -0.806. The van der Waals surface area contributed by atoms with E-state index in [-0.39, 0.29) is 18.2 Å². The lowest BCUT2D eigenvalue weighted by Crippen LogP contribution is -2.40. The van der Waals surface area contributed by atoms with E-state index < -0.39 is 11.8 Å². The van der Waals surface area contributed by atoms with Gasteiger partial charge in [0.25, 0.3) is 5.91 Å². The van der Waals surface area contributed by atoms with E-state index in [2.05, 4.69) is 15.9 Å². The van der Waals surface area contributed by atoms with Gasteiger partial charge in [0, 0.05) is 24.0 Å². The molecular weight excluding hydrogens is 341 g/mol. The number of hydrogen-bond acceptors (Lipinski definition) is 2. The van der Waals surface area contributed by atoms with Crippen LogP contribution in [-0.4, -0.2) is 35.0 Å². The second-order valence-electron chi connectivity index (χ2n) is 5.32. The number of rotatable bonds is 4. The van der Waals surface area contributed by atoms with Crippen molar-refractivity contribution in [2.45, 2.75) is 25.7 Å². The molecule has 0 aromatic heterocycles. The highest BCUT2D eigenvalue weighted by molar-refractivity contribution is 9.10. The van der Waals surface area contributed by atoms with Crippen molar-refractivity contribution in [1.82, 2.24) is 4.90 Å². The molecule has 21 heavy (non-hydrogen) atoms. The summed E-state index contributed by atoms with van der Waals surface area (Å²) in [5.74, 6) is -1.11. The Labute approximate surface area is 131 Å². The number of aliphatic carboxylic acids is 1. The average molecular weight is 358 g/mol. The summed E-state index contributed by atoms with van der Waals surface area (Å²) in [6, 6.07) is 4.02. The van der Waals surface area contributed by atoms with E-state index in [9.17, 15) is 14.0 Å². The number of halogens is 2. The molecule has 1 aromatic carbocycles. The highest BCUT2D eigenvalue weighted by atomic mass is 79.9. The van der Waals surface area contributed by atoms with Crippen LogP contribution >= 0.6 is 15.9 Å². The van der Waals surface area contributed by atoms with E-state index in [0.29, 0.717) is 29.5 Å². The number of amides is 1. The smallest absolute Gasteiger partial charge is 0.303 e. The lowest BCUT2D eigenvalue weighted by Gasteiger charge is -2.33. The number of benzene rings is 1. The standard InChI is InChI=1S/C15H17BrFNO3/c16-13-8-11(17)4-5-12(13)15(21)18-7-1-2-10(9-18)3-6-14(19)20/h4-5,8,10H,1-3,6-7,9H2,(H,19,20). The molecular formula is C15H17BrFNO3. The van der Waals surface area contributed by atoms with E-state index in [1.54, 1.807) is 4.90 Å². The molecule has 0 radical (unpaired) electrons. The topological polar surface area (TPSA) is 57.6 Å². The number of carboxylic acid groups (broad SMARTS) is 1. The third-order valence-corrected chi connectivity index (χ3v) is 4.39. The summed E-state index contributed by atoms with van der Waals surface area (Å²) in [5.41, 5.74) is 0.440. The predicted octanol–water partition coefficient (Wildman–Crippen LogP) is 3.31. The zero-order valence-corrected chi connectivity index (χ0v) is 13.1. The Hall–Kier alpha value is -1.43. The van der Waals surface area contributed by atoms with Crippen LogP contribution in [0.15, 0.2) is 22.7 Å². The minimum Gasteiger partial charge on any atom is -0.481 e. The van der Waals surface area contributed by atoms with Gasteiger partial charge in [-0.15, -0.1) is 0 Å². The van der Waals surface area contributed by atoms with Gasteiger partial charge in [0.15, 0.2) is 0 Å². The molecule has 1 N–H and O–H groups in total. The van der Waals surface area contributed by atoms with E-state index in [4.69, 9.17) is 5.11 Å². The van der Waals surface area contributed by atoms with Crippen LogP contribution in [-0.2, 0) is 4.79 Å². The van der Waals surface area contributed by atoms with Crippen LogP contribution in [0, 0.1) is 11.7 Å². The van der Waals surface area contributed by atoms with E-state index >= 15 is 0 Å². The molecule has 1 amide bonds. The van der Waals surface area contributed by atoms with Crippen LogP contribution < -0.4 is 0 Å². The van der Waals surface area contributed by atoms with Crippen molar-refractivity contribution in [3.05, 3.63) is 34.1 Å². The number of nitrogens with zero attached hydrogens (tertiary/aromatic N) is 1. The molecule has 1 heterocycles. The normalized spacial score (nSPS) is 18.6. The van der Waals surface area contributed by atoms with Crippen molar-refractivity contribution in [3.63, 3.8) is 0 Å². The summed E-state index contributed by atoms with van der Waals surface area (Å²) in [5, 5.41) is 8.74. The molecule has 4 nitrogen and oxygen atoms in total. The lowest BCUT2D eigenvalue weighted by atomic mass is 9.93. The van der Waals surface area contributed by atoms with Crippen LogP contribution in [0.25, 0.3) is 0 Å². The Morgan fingerprint density at radius 3 is 2.86 bits per heavy atom. The number of likely N-dealkylation sites (tertiary alicyclic amines) is 1. The Bertz CT molecular complexity index is 550. The van der Waals surface area contributed by atoms with Gasteiger partial charge in [0.05, 0.1) is 5.56 Å². The fourth-order valence-corrected chi connectivity index (χ4v) is 3.17. The monoisotopic (exact) mass is 357 g/mol. The summed E-state index contributed by atoms with van der Waals surface area (Å²) in [6.07, 6.45) is 2.53. The summed E-state index contributed by atoms with van der Waals surface area (Å²) in [7, 11) is 0. The van der Waals surface area contributed by atoms with Gasteiger partial charge in [-0.3, -0.25) is 9.59 Å². The zero-order valence-electron chi connectivity index (χ0n) is 11.5. The van der Waals surface area contributed by atoms with Crippen LogP contribution in [0.2, 0.25) is 0 Å². The molecule has 1 aliphatic heterocycles. The molecule has 1 aliphatic rings. The Kier molecular flexibility index (Phi) is 5.33. The van der Waals surface area contributed by atoms with Crippen molar-refractivity contribution >= 4 is 27.8 Å². The molecule has 0 saturated carbocycles. The molecule has 6 heteroatoms. The van der Waals surface area contributed by atoms with Crippen molar-refractivity contribution in [3.8, 4) is 0 Å². The number of piperidine rings is 1. The van der Waals surface area contributed by atoms with Gasteiger partial charge in [-0.2, -0.15) is 0 Å². The molecule has 1 unspecified atom stereocenters. The van der Waals surface area contributed by atoms with E-state index in [1.165, 1.54) is 18.2 Å². The maximum atomic E-state index is 13.1. The number of carbonyl (C=O) groups is 2. The molecule has 114 valence electrons. The van der Waals surface area contributed by atoms with Gasteiger partial charge in [-0.25, -0.2) is 4.39 Å². The van der Waals surface area contributed by atoms with Gasteiger partial charge in [-0.05, 0) is 59.3 Å². The predicted molar refractivity (Wildman–Crippen MR) is 79.6 cm³/mol. The van der Waals surface area contributed by atoms with Gasteiger partial charge in [0.1, 0.15) is 5.82 Å². The van der Waals surface area contributed by atoms with Crippen molar-refractivity contribution in [2.75, 3.05) is 13.1 Å². The third kappa shape index (κ3) is 4.27. The highest BCUT2D eigenvalue weighted by Gasteiger charge is 2.25. The third-order valence-electron chi connectivity index (χ3n) is 3.73. The number of hydrogen-bond donors (Lipinski definition) is 1. The van der Waals surface area contributed by atoms with Crippen LogP contribution in [0.5, 0.6) is 0 Å².